The van der Waals surface area contributed by atoms with Crippen molar-refractivity contribution < 1.29 is 33.4 Å². The Balaban J connectivity index is 1.52. The molecule has 1 aliphatic carbocycles. The van der Waals surface area contributed by atoms with Gasteiger partial charge in [0.05, 0.1) is 0 Å². The molecule has 0 bridgehead atoms. The molecule has 0 radical (unpaired) electrons. The molecule has 0 heterocycles. The Morgan fingerprint density at radius 1 is 0.875 bits per heavy atom. The number of fused-ring (bicyclic) bond motifs is 3. The van der Waals surface area contributed by atoms with Crippen molar-refractivity contribution in [2.24, 2.45) is 11.7 Å². The molecule has 2 aromatic rings. The first-order chi connectivity index (χ1) is 19.0. The molecule has 40 heavy (non-hydrogen) atoms. The molecule has 0 aromatic heterocycles. The summed E-state index contributed by atoms with van der Waals surface area (Å²) in [6.07, 6.45) is -0.768. The van der Waals surface area contributed by atoms with E-state index in [1.165, 1.54) is 6.92 Å². The zero-order valence-corrected chi connectivity index (χ0v) is 23.4. The molecule has 0 saturated carbocycles. The average molecular weight is 571 g/mol. The van der Waals surface area contributed by atoms with E-state index in [9.17, 15) is 24.0 Å². The van der Waals surface area contributed by atoms with Crippen LogP contribution in [0.2, 0.25) is 0 Å². The SMILES string of the molecule is CC(C)[C@H](NC(=O)OCC1c2ccccc2-c2ccccc21)C(=O)N[C@@H](C)C(=O)OCC(=O)N[C@@H](CS)C(N)=O. The lowest BCUT2D eigenvalue weighted by molar-refractivity contribution is -0.151. The summed E-state index contributed by atoms with van der Waals surface area (Å²) in [6, 6.07) is 12.8. The van der Waals surface area contributed by atoms with Crippen molar-refractivity contribution in [1.29, 1.82) is 0 Å². The first kappa shape index (κ1) is 30.5. The van der Waals surface area contributed by atoms with Crippen LogP contribution in [0, 0.1) is 5.92 Å². The van der Waals surface area contributed by atoms with Gasteiger partial charge < -0.3 is 31.2 Å². The van der Waals surface area contributed by atoms with Crippen LogP contribution in [0.3, 0.4) is 0 Å². The largest absolute Gasteiger partial charge is 0.454 e. The van der Waals surface area contributed by atoms with Gasteiger partial charge in [-0.3, -0.25) is 14.4 Å². The molecule has 3 atom stereocenters. The van der Waals surface area contributed by atoms with Crippen LogP contribution in [0.4, 0.5) is 4.79 Å². The van der Waals surface area contributed by atoms with Gasteiger partial charge >= 0.3 is 12.1 Å². The molecule has 0 saturated heterocycles. The number of esters is 1. The highest BCUT2D eigenvalue weighted by molar-refractivity contribution is 7.80. The maximum Gasteiger partial charge on any atom is 0.407 e. The Labute approximate surface area is 238 Å². The van der Waals surface area contributed by atoms with E-state index >= 15 is 0 Å². The number of hydrogen-bond acceptors (Lipinski definition) is 8. The third-order valence-electron chi connectivity index (χ3n) is 6.49. The molecule has 2 aromatic carbocycles. The second-order valence-electron chi connectivity index (χ2n) is 9.73. The van der Waals surface area contributed by atoms with E-state index in [0.717, 1.165) is 22.3 Å². The van der Waals surface area contributed by atoms with Gasteiger partial charge in [0.15, 0.2) is 6.61 Å². The summed E-state index contributed by atoms with van der Waals surface area (Å²) in [5, 5.41) is 7.35. The summed E-state index contributed by atoms with van der Waals surface area (Å²) in [5.74, 6) is -3.52. The third kappa shape index (κ3) is 7.53. The highest BCUT2D eigenvalue weighted by atomic mass is 32.1. The van der Waals surface area contributed by atoms with Gasteiger partial charge in [-0.15, -0.1) is 0 Å². The molecular formula is C28H34N4O7S. The number of amides is 4. The molecule has 12 heteroatoms. The van der Waals surface area contributed by atoms with E-state index in [0.29, 0.717) is 0 Å². The lowest BCUT2D eigenvalue weighted by Gasteiger charge is -2.24. The van der Waals surface area contributed by atoms with Crippen molar-refractivity contribution in [3.63, 3.8) is 0 Å². The van der Waals surface area contributed by atoms with Crippen molar-refractivity contribution in [2.45, 2.75) is 44.8 Å². The van der Waals surface area contributed by atoms with Crippen molar-refractivity contribution in [2.75, 3.05) is 19.0 Å². The summed E-state index contributed by atoms with van der Waals surface area (Å²) in [6.45, 7) is 4.25. The minimum absolute atomic E-state index is 0.0191. The fourth-order valence-corrected chi connectivity index (χ4v) is 4.64. The van der Waals surface area contributed by atoms with Crippen LogP contribution in [0.1, 0.15) is 37.8 Å². The average Bonchev–Trinajstić information content (AvgIpc) is 3.25. The van der Waals surface area contributed by atoms with Gasteiger partial charge in [-0.1, -0.05) is 62.4 Å². The summed E-state index contributed by atoms with van der Waals surface area (Å²) in [5.41, 5.74) is 9.45. The number of ether oxygens (including phenoxy) is 2. The molecule has 4 amide bonds. The van der Waals surface area contributed by atoms with Crippen LogP contribution < -0.4 is 21.7 Å². The molecule has 0 aliphatic heterocycles. The molecule has 0 unspecified atom stereocenters. The van der Waals surface area contributed by atoms with Crippen molar-refractivity contribution in [1.82, 2.24) is 16.0 Å². The number of rotatable bonds is 12. The van der Waals surface area contributed by atoms with Crippen LogP contribution in [-0.4, -0.2) is 66.9 Å². The first-order valence-electron chi connectivity index (χ1n) is 12.8. The van der Waals surface area contributed by atoms with Gasteiger partial charge in [-0.25, -0.2) is 9.59 Å². The topological polar surface area (TPSA) is 166 Å². The number of hydrogen-bond donors (Lipinski definition) is 5. The zero-order valence-electron chi connectivity index (χ0n) is 22.5. The molecule has 5 N–H and O–H groups in total. The zero-order chi connectivity index (χ0) is 29.4. The fraction of sp³-hybridized carbons (Fsp3) is 0.393. The molecule has 11 nitrogen and oxygen atoms in total. The van der Waals surface area contributed by atoms with Gasteiger partial charge in [-0.2, -0.15) is 12.6 Å². The van der Waals surface area contributed by atoms with Crippen molar-refractivity contribution in [3.05, 3.63) is 59.7 Å². The fourth-order valence-electron chi connectivity index (χ4n) is 4.37. The Morgan fingerprint density at radius 2 is 1.45 bits per heavy atom. The predicted molar refractivity (Wildman–Crippen MR) is 150 cm³/mol. The second kappa shape index (κ2) is 13.8. The van der Waals surface area contributed by atoms with Crippen LogP contribution in [-0.2, 0) is 28.7 Å². The summed E-state index contributed by atoms with van der Waals surface area (Å²) in [7, 11) is 0. The molecule has 214 valence electrons. The number of nitrogens with one attached hydrogen (secondary N) is 3. The van der Waals surface area contributed by atoms with Crippen LogP contribution >= 0.6 is 12.6 Å². The number of alkyl carbamates (subject to hydrolysis) is 1. The third-order valence-corrected chi connectivity index (χ3v) is 6.85. The Kier molecular flexibility index (Phi) is 10.5. The quantitative estimate of drug-likeness (QED) is 0.190. The minimum Gasteiger partial charge on any atom is -0.454 e. The van der Waals surface area contributed by atoms with Gasteiger partial charge in [0, 0.05) is 11.7 Å². The maximum absolute atomic E-state index is 12.9. The highest BCUT2D eigenvalue weighted by Crippen LogP contribution is 2.44. The van der Waals surface area contributed by atoms with Crippen LogP contribution in [0.5, 0.6) is 0 Å². The van der Waals surface area contributed by atoms with Gasteiger partial charge in [0.1, 0.15) is 24.7 Å². The molecule has 0 spiro atoms. The summed E-state index contributed by atoms with van der Waals surface area (Å²) < 4.78 is 10.5. The smallest absolute Gasteiger partial charge is 0.407 e. The van der Waals surface area contributed by atoms with E-state index < -0.39 is 54.5 Å². The normalized spacial score (nSPS) is 14.2. The Hall–Kier alpha value is -4.06. The molecular weight excluding hydrogens is 536 g/mol. The van der Waals surface area contributed by atoms with E-state index in [2.05, 4.69) is 28.6 Å². The predicted octanol–water partition coefficient (Wildman–Crippen LogP) is 1.50. The Morgan fingerprint density at radius 3 is 1.98 bits per heavy atom. The lowest BCUT2D eigenvalue weighted by Crippen LogP contribution is -2.53. The number of carbonyl (C=O) groups excluding carboxylic acids is 5. The van der Waals surface area contributed by atoms with Gasteiger partial charge in [0.2, 0.25) is 11.8 Å². The molecule has 1 aliphatic rings. The van der Waals surface area contributed by atoms with Crippen LogP contribution in [0.15, 0.2) is 48.5 Å². The second-order valence-corrected chi connectivity index (χ2v) is 10.1. The maximum atomic E-state index is 12.9. The van der Waals surface area contributed by atoms with Crippen molar-refractivity contribution in [3.8, 4) is 11.1 Å². The number of nitrogens with two attached hydrogens (primary N) is 1. The van der Waals surface area contributed by atoms with E-state index in [1.807, 2.05) is 48.5 Å². The monoisotopic (exact) mass is 570 g/mol. The lowest BCUT2D eigenvalue weighted by atomic mass is 9.98. The standard InChI is InChI=1S/C28H34N4O7S/c1-15(2)24(26(35)30-16(3)27(36)38-13-23(33)31-22(14-40)25(29)34)32-28(37)39-12-21-19-10-6-4-8-17(19)18-9-5-7-11-20(18)21/h4-11,15-16,21-22,24,40H,12-14H2,1-3H3,(H2,29,34)(H,30,35)(H,31,33)(H,32,37)/t16-,22-,24-/m0/s1. The highest BCUT2D eigenvalue weighted by Gasteiger charge is 2.31. The van der Waals surface area contributed by atoms with Crippen LogP contribution in [0.25, 0.3) is 11.1 Å². The number of benzene rings is 2. The van der Waals surface area contributed by atoms with Crippen molar-refractivity contribution >= 4 is 42.4 Å². The summed E-state index contributed by atoms with van der Waals surface area (Å²) >= 11 is 3.92. The molecule has 3 rings (SSSR count). The number of carbonyl (C=O) groups is 5. The minimum atomic E-state index is -1.12. The van der Waals surface area contributed by atoms with E-state index in [4.69, 9.17) is 15.2 Å². The van der Waals surface area contributed by atoms with Gasteiger partial charge in [0.25, 0.3) is 5.91 Å². The van der Waals surface area contributed by atoms with E-state index in [-0.39, 0.29) is 24.2 Å². The summed E-state index contributed by atoms with van der Waals surface area (Å²) in [4.78, 5) is 61.0. The Bertz CT molecular complexity index is 1220. The first-order valence-corrected chi connectivity index (χ1v) is 13.4. The van der Waals surface area contributed by atoms with Gasteiger partial charge in [-0.05, 0) is 35.1 Å². The van der Waals surface area contributed by atoms with E-state index in [1.54, 1.807) is 13.8 Å². The molecule has 0 fully saturated rings. The number of thiol groups is 1. The number of primary amides is 1.